The molecule has 0 spiro atoms. The van der Waals surface area contributed by atoms with E-state index in [4.69, 9.17) is 37.0 Å². The van der Waals surface area contributed by atoms with Gasteiger partial charge in [-0.3, -0.25) is 0 Å². The van der Waals surface area contributed by atoms with E-state index in [1.807, 2.05) is 22.8 Å². The highest BCUT2D eigenvalue weighted by Gasteiger charge is 2.21. The number of esters is 1. The van der Waals surface area contributed by atoms with E-state index in [0.29, 0.717) is 51.8 Å². The van der Waals surface area contributed by atoms with Crippen molar-refractivity contribution in [1.29, 1.82) is 10.5 Å². The Morgan fingerprint density at radius 2 is 1.63 bits per heavy atom. The number of hydrogen-bond donors (Lipinski definition) is 4. The molecule has 4 aromatic rings. The maximum absolute atomic E-state index is 11.4. The van der Waals surface area contributed by atoms with Gasteiger partial charge < -0.3 is 40.6 Å². The van der Waals surface area contributed by atoms with E-state index in [9.17, 15) is 25.2 Å². The van der Waals surface area contributed by atoms with Gasteiger partial charge in [0.2, 0.25) is 0 Å². The van der Waals surface area contributed by atoms with Crippen molar-refractivity contribution in [1.82, 2.24) is 9.97 Å². The van der Waals surface area contributed by atoms with Crippen molar-refractivity contribution in [3.8, 4) is 39.6 Å². The number of ether oxygens (including phenoxy) is 2. The van der Waals surface area contributed by atoms with E-state index in [2.05, 4.69) is 22.1 Å². The van der Waals surface area contributed by atoms with Gasteiger partial charge >= 0.3 is 5.97 Å². The number of carboxylic acid groups (broad SMARTS) is 1. The SMILES string of the molecule is N#Cc1c(N)nc(SCc2csc(-c3ccc(Cl)cc3)n2)c(C#N)c1-c1ccc(OCCOC(=O)/C=C\C(=O)[O-])cc1.OCC[NH2+]CCO. The monoisotopic (exact) mass is 722 g/mol. The van der Waals surface area contributed by atoms with Crippen LogP contribution in [0.1, 0.15) is 16.8 Å². The van der Waals surface area contributed by atoms with Crippen LogP contribution in [-0.2, 0) is 20.1 Å². The van der Waals surface area contributed by atoms with E-state index < -0.39 is 11.9 Å². The molecular weight excluding hydrogens is 692 g/mol. The minimum absolute atomic E-state index is 0.00371. The number of nitriles is 2. The molecule has 0 aliphatic rings. The Labute approximate surface area is 295 Å². The molecule has 4 rings (SSSR count). The van der Waals surface area contributed by atoms with Crippen LogP contribution >= 0.6 is 34.7 Å². The van der Waals surface area contributed by atoms with Gasteiger partial charge in [0.05, 0.1) is 43.5 Å². The lowest BCUT2D eigenvalue weighted by atomic mass is 9.97. The second-order valence-electron chi connectivity index (χ2n) is 9.60. The molecule has 0 amide bonds. The maximum atomic E-state index is 11.4. The standard InChI is InChI=1S/C29H20ClN5O5S2.C4H11NO2/c30-19-5-1-18(2-6-19)28-34-20(15-41-28)16-42-29-23(14-32)26(22(13-31)27(33)35-29)17-3-7-21(8-4-17)39-11-12-40-25(38)10-9-24(36)37;6-3-1-5-2-4-7/h1-10,15H,11-12,16H2,(H2,33,35)(H,36,37);5-7H,1-4H2/b10-9-;. The molecule has 0 radical (unpaired) electrons. The van der Waals surface area contributed by atoms with E-state index in [1.54, 1.807) is 36.4 Å². The number of benzene rings is 2. The van der Waals surface area contributed by atoms with Crippen LogP contribution in [0.5, 0.6) is 5.75 Å². The van der Waals surface area contributed by atoms with Gasteiger partial charge in [0.1, 0.15) is 52.5 Å². The number of quaternary nitrogens is 1. The number of aliphatic carboxylic acids is 1. The van der Waals surface area contributed by atoms with Crippen molar-refractivity contribution >= 4 is 52.5 Å². The molecule has 16 heteroatoms. The van der Waals surface area contributed by atoms with Gasteiger partial charge in [0, 0.05) is 33.4 Å². The van der Waals surface area contributed by atoms with Gasteiger partial charge in [0.15, 0.2) is 0 Å². The predicted molar refractivity (Wildman–Crippen MR) is 182 cm³/mol. The number of aliphatic hydroxyl groups excluding tert-OH is 2. The van der Waals surface area contributed by atoms with Gasteiger partial charge in [-0.2, -0.15) is 10.5 Å². The predicted octanol–water partition coefficient (Wildman–Crippen LogP) is 1.91. The molecule has 6 N–H and O–H groups in total. The molecule has 0 atom stereocenters. The topological polar surface area (TPSA) is 232 Å². The minimum atomic E-state index is -1.51. The molecule has 0 aliphatic heterocycles. The third-order valence-electron chi connectivity index (χ3n) is 6.18. The van der Waals surface area contributed by atoms with Gasteiger partial charge in [-0.15, -0.1) is 11.3 Å². The van der Waals surface area contributed by atoms with Crippen molar-refractivity contribution in [2.45, 2.75) is 10.8 Å². The van der Waals surface area contributed by atoms with Crippen LogP contribution in [0, 0.1) is 22.7 Å². The fraction of sp³-hybridized carbons (Fsp3) is 0.212. The van der Waals surface area contributed by atoms with Crippen LogP contribution in [0.15, 0.2) is 71.1 Å². The molecule has 0 saturated heterocycles. The Bertz CT molecular complexity index is 1820. The van der Waals surface area contributed by atoms with E-state index >= 15 is 0 Å². The lowest BCUT2D eigenvalue weighted by Gasteiger charge is -2.13. The Kier molecular flexibility index (Phi) is 16.0. The highest BCUT2D eigenvalue weighted by Crippen LogP contribution is 2.37. The lowest BCUT2D eigenvalue weighted by Crippen LogP contribution is -2.85. The highest BCUT2D eigenvalue weighted by molar-refractivity contribution is 7.98. The number of aromatic nitrogens is 2. The van der Waals surface area contributed by atoms with Crippen LogP contribution < -0.4 is 20.9 Å². The summed E-state index contributed by atoms with van der Waals surface area (Å²) in [7, 11) is 0. The van der Waals surface area contributed by atoms with Gasteiger partial charge in [-0.1, -0.05) is 47.6 Å². The quantitative estimate of drug-likeness (QED) is 0.0595. The summed E-state index contributed by atoms with van der Waals surface area (Å²) in [5, 5.41) is 52.2. The largest absolute Gasteiger partial charge is 0.545 e. The summed E-state index contributed by atoms with van der Waals surface area (Å²) in [6.45, 7) is 1.67. The van der Waals surface area contributed by atoms with Crippen molar-refractivity contribution in [2.24, 2.45) is 0 Å². The number of carbonyl (C=O) groups is 2. The molecule has 49 heavy (non-hydrogen) atoms. The van der Waals surface area contributed by atoms with Crippen molar-refractivity contribution in [3.63, 3.8) is 0 Å². The second-order valence-corrected chi connectivity index (χ2v) is 11.9. The molecule has 0 saturated carbocycles. The van der Waals surface area contributed by atoms with Crippen molar-refractivity contribution in [2.75, 3.05) is 45.3 Å². The number of rotatable bonds is 15. The number of anilines is 1. The average molecular weight is 723 g/mol. The van der Waals surface area contributed by atoms with Crippen LogP contribution in [0.25, 0.3) is 21.7 Å². The summed E-state index contributed by atoms with van der Waals surface area (Å²) in [5.41, 5.74) is 9.10. The normalized spacial score (nSPS) is 10.5. The first-order valence-corrected chi connectivity index (χ1v) is 16.7. The Hall–Kier alpha value is -5.00. The first-order chi connectivity index (χ1) is 23.7. The number of halogens is 1. The summed E-state index contributed by atoms with van der Waals surface area (Å²) in [6, 6.07) is 18.2. The maximum Gasteiger partial charge on any atom is 0.330 e. The third-order valence-corrected chi connectivity index (χ3v) is 8.38. The highest BCUT2D eigenvalue weighted by atomic mass is 35.5. The zero-order valence-corrected chi connectivity index (χ0v) is 28.3. The van der Waals surface area contributed by atoms with Crippen molar-refractivity contribution in [3.05, 3.63) is 87.9 Å². The molecule has 0 unspecified atom stereocenters. The first kappa shape index (κ1) is 38.4. The number of thiazole rings is 1. The summed E-state index contributed by atoms with van der Waals surface area (Å²) < 4.78 is 10.4. The van der Waals surface area contributed by atoms with Crippen LogP contribution in [-0.4, -0.2) is 71.6 Å². The summed E-state index contributed by atoms with van der Waals surface area (Å²) >= 11 is 8.77. The summed E-state index contributed by atoms with van der Waals surface area (Å²) in [4.78, 5) is 30.7. The Morgan fingerprint density at radius 3 is 2.24 bits per heavy atom. The molecule has 254 valence electrons. The van der Waals surface area contributed by atoms with E-state index in [0.717, 1.165) is 22.3 Å². The fourth-order valence-electron chi connectivity index (χ4n) is 3.96. The second kappa shape index (κ2) is 20.4. The molecule has 0 bridgehead atoms. The number of pyridine rings is 1. The van der Waals surface area contributed by atoms with Crippen LogP contribution in [0.4, 0.5) is 5.82 Å². The number of nitrogen functional groups attached to an aromatic ring is 1. The van der Waals surface area contributed by atoms with E-state index in [1.165, 1.54) is 23.1 Å². The number of nitrogens with two attached hydrogens (primary N) is 2. The third kappa shape index (κ3) is 12.2. The number of hydrogen-bond acceptors (Lipinski definition) is 14. The Morgan fingerprint density at radius 1 is 0.980 bits per heavy atom. The molecule has 0 fully saturated rings. The van der Waals surface area contributed by atoms with Crippen LogP contribution in [0.3, 0.4) is 0 Å². The van der Waals surface area contributed by atoms with Gasteiger partial charge in [-0.25, -0.2) is 14.8 Å². The summed E-state index contributed by atoms with van der Waals surface area (Å²) in [5.74, 6) is -1.48. The summed E-state index contributed by atoms with van der Waals surface area (Å²) in [6.07, 6.45) is 1.31. The first-order valence-electron chi connectivity index (χ1n) is 14.5. The van der Waals surface area contributed by atoms with Gasteiger partial charge in [-0.05, 0) is 35.9 Å². The molecule has 13 nitrogen and oxygen atoms in total. The van der Waals surface area contributed by atoms with Crippen LogP contribution in [0.2, 0.25) is 5.02 Å². The van der Waals surface area contributed by atoms with Crippen molar-refractivity contribution < 1.29 is 39.7 Å². The molecule has 2 aromatic carbocycles. The fourth-order valence-corrected chi connectivity index (χ4v) is 5.91. The Balaban J connectivity index is 0.000000838. The zero-order chi connectivity index (χ0) is 35.6. The number of nitrogens with zero attached hydrogens (tertiary/aromatic N) is 4. The zero-order valence-electron chi connectivity index (χ0n) is 25.9. The number of carbonyl (C=O) groups excluding carboxylic acids is 2. The van der Waals surface area contributed by atoms with Gasteiger partial charge in [0.25, 0.3) is 0 Å². The number of thioether (sulfide) groups is 1. The number of carboxylic acids is 1. The van der Waals surface area contributed by atoms with E-state index in [-0.39, 0.29) is 43.4 Å². The molecule has 2 heterocycles. The smallest absolute Gasteiger partial charge is 0.330 e. The lowest BCUT2D eigenvalue weighted by molar-refractivity contribution is -0.657. The minimum Gasteiger partial charge on any atom is -0.545 e. The number of aliphatic hydroxyl groups is 2. The average Bonchev–Trinajstić information content (AvgIpc) is 3.58. The molecule has 2 aromatic heterocycles. The molecule has 0 aliphatic carbocycles. The molecular formula is C33H31ClN6O7S2.